The van der Waals surface area contributed by atoms with E-state index in [9.17, 15) is 20.4 Å². The summed E-state index contributed by atoms with van der Waals surface area (Å²) in [5.74, 6) is 1.82. The molecule has 4 N–H and O–H groups in total. The van der Waals surface area contributed by atoms with Crippen molar-refractivity contribution in [3.8, 4) is 0 Å². The molecule has 194 valence electrons. The Balaban J connectivity index is 1.50. The Morgan fingerprint density at radius 1 is 0.706 bits per heavy atom. The van der Waals surface area contributed by atoms with E-state index in [-0.39, 0.29) is 29.5 Å². The van der Waals surface area contributed by atoms with Crippen LogP contribution in [0, 0.1) is 50.7 Å². The molecule has 0 amide bonds. The van der Waals surface area contributed by atoms with Gasteiger partial charge in [0.05, 0.1) is 25.4 Å². The van der Waals surface area contributed by atoms with Gasteiger partial charge in [-0.2, -0.15) is 0 Å². The highest BCUT2D eigenvalue weighted by atomic mass is 16.3. The topological polar surface area (TPSA) is 80.9 Å². The van der Waals surface area contributed by atoms with E-state index in [0.717, 1.165) is 38.5 Å². The Kier molecular flexibility index (Phi) is 5.97. The van der Waals surface area contributed by atoms with Crippen LogP contribution in [0.1, 0.15) is 98.8 Å². The quantitative estimate of drug-likeness (QED) is 0.421. The van der Waals surface area contributed by atoms with Crippen LogP contribution >= 0.6 is 0 Å². The second-order valence-electron chi connectivity index (χ2n) is 14.6. The van der Waals surface area contributed by atoms with Gasteiger partial charge in [0, 0.05) is 10.8 Å². The Morgan fingerprint density at radius 3 is 1.91 bits per heavy atom. The van der Waals surface area contributed by atoms with E-state index >= 15 is 0 Å². The van der Waals surface area contributed by atoms with Crippen LogP contribution < -0.4 is 0 Å². The SMILES string of the molecule is C[C@@]12CC[C@@H]3[C@](C)(CC[C@H](O)[C@]3(C)CO)[C@H]1CC[C@@H]1C(=CC[C@@H]3[C@]1(C)CC[C@@H](O)[C@]3(C)CO)C2. The third-order valence-corrected chi connectivity index (χ3v) is 13.2. The van der Waals surface area contributed by atoms with Crippen molar-refractivity contribution in [2.24, 2.45) is 50.7 Å². The summed E-state index contributed by atoms with van der Waals surface area (Å²) in [6.07, 6.45) is 12.2. The minimum atomic E-state index is -0.419. The van der Waals surface area contributed by atoms with Crippen molar-refractivity contribution >= 4 is 0 Å². The first kappa shape index (κ1) is 25.2. The molecule has 0 unspecified atom stereocenters. The van der Waals surface area contributed by atoms with E-state index in [1.54, 1.807) is 5.57 Å². The summed E-state index contributed by atoms with van der Waals surface area (Å²) in [6.45, 7) is 11.9. The highest BCUT2D eigenvalue weighted by molar-refractivity contribution is 5.25. The molecule has 0 aliphatic heterocycles. The van der Waals surface area contributed by atoms with Crippen molar-refractivity contribution in [2.45, 2.75) is 111 Å². The summed E-state index contributed by atoms with van der Waals surface area (Å²) in [6, 6.07) is 0. The number of rotatable bonds is 2. The van der Waals surface area contributed by atoms with Gasteiger partial charge in [0.2, 0.25) is 0 Å². The highest BCUT2D eigenvalue weighted by Crippen LogP contribution is 2.70. The van der Waals surface area contributed by atoms with Crippen molar-refractivity contribution < 1.29 is 20.4 Å². The first-order valence-corrected chi connectivity index (χ1v) is 14.2. The minimum Gasteiger partial charge on any atom is -0.396 e. The molecule has 0 aromatic carbocycles. The first-order chi connectivity index (χ1) is 15.9. The minimum absolute atomic E-state index is 0.0620. The summed E-state index contributed by atoms with van der Waals surface area (Å²) in [5, 5.41) is 42.6. The predicted molar refractivity (Wildman–Crippen MR) is 135 cm³/mol. The van der Waals surface area contributed by atoms with Crippen LogP contribution in [-0.2, 0) is 0 Å². The van der Waals surface area contributed by atoms with Gasteiger partial charge < -0.3 is 20.4 Å². The second kappa shape index (κ2) is 8.04. The zero-order valence-electron chi connectivity index (χ0n) is 22.3. The summed E-state index contributed by atoms with van der Waals surface area (Å²) < 4.78 is 0. The Hall–Kier alpha value is -0.420. The lowest BCUT2D eigenvalue weighted by Gasteiger charge is -2.64. The molecule has 0 bridgehead atoms. The second-order valence-corrected chi connectivity index (χ2v) is 14.6. The van der Waals surface area contributed by atoms with E-state index in [4.69, 9.17) is 0 Å². The fourth-order valence-corrected chi connectivity index (χ4v) is 11.0. The van der Waals surface area contributed by atoms with E-state index in [1.165, 1.54) is 25.7 Å². The van der Waals surface area contributed by atoms with Gasteiger partial charge in [-0.3, -0.25) is 0 Å². The Bertz CT molecular complexity index is 840. The molecule has 4 nitrogen and oxygen atoms in total. The van der Waals surface area contributed by atoms with Crippen LogP contribution in [0.2, 0.25) is 0 Å². The van der Waals surface area contributed by atoms with Crippen molar-refractivity contribution in [1.82, 2.24) is 0 Å². The molecular weight excluding hydrogens is 424 g/mol. The molecule has 5 aliphatic carbocycles. The Morgan fingerprint density at radius 2 is 1.29 bits per heavy atom. The Labute approximate surface area is 207 Å². The van der Waals surface area contributed by atoms with Crippen LogP contribution in [0.5, 0.6) is 0 Å². The van der Waals surface area contributed by atoms with Gasteiger partial charge in [0.15, 0.2) is 0 Å². The van der Waals surface area contributed by atoms with Crippen molar-refractivity contribution in [2.75, 3.05) is 13.2 Å². The van der Waals surface area contributed by atoms with Gasteiger partial charge in [0.25, 0.3) is 0 Å². The van der Waals surface area contributed by atoms with Gasteiger partial charge in [-0.1, -0.05) is 46.3 Å². The molecule has 0 spiro atoms. The molecule has 5 rings (SSSR count). The highest BCUT2D eigenvalue weighted by Gasteiger charge is 2.64. The number of aliphatic hydroxyl groups is 4. The monoisotopic (exact) mass is 474 g/mol. The molecule has 34 heavy (non-hydrogen) atoms. The van der Waals surface area contributed by atoms with E-state index in [2.05, 4.69) is 40.7 Å². The first-order valence-electron chi connectivity index (χ1n) is 14.2. The predicted octanol–water partition coefficient (Wildman–Crippen LogP) is 5.08. The molecule has 5 aliphatic rings. The molecule has 0 aromatic heterocycles. The lowest BCUT2D eigenvalue weighted by molar-refractivity contribution is -0.189. The molecular formula is C30H50O4. The number of allylic oxidation sites excluding steroid dienone is 2. The van der Waals surface area contributed by atoms with E-state index < -0.39 is 23.0 Å². The van der Waals surface area contributed by atoms with Gasteiger partial charge in [-0.25, -0.2) is 0 Å². The summed E-state index contributed by atoms with van der Waals surface area (Å²) in [4.78, 5) is 0. The van der Waals surface area contributed by atoms with Gasteiger partial charge in [0.1, 0.15) is 0 Å². The van der Waals surface area contributed by atoms with Crippen molar-refractivity contribution in [3.63, 3.8) is 0 Å². The standard InChI is InChI=1S/C30H50O4/c1-26-13-10-23-28(3,15-12-25(34)30(23,5)18-32)21(26)9-7-20-19(16-26)6-8-22-27(20,2)14-11-24(33)29(22,4)17-31/h6,20-25,31-34H,7-18H2,1-5H3/t20-,21+,22-,23-,24-,25+,26+,27-,28-,29-,30-/m1/s1. The molecule has 0 radical (unpaired) electrons. The molecule has 0 saturated heterocycles. The maximum atomic E-state index is 10.9. The average molecular weight is 475 g/mol. The van der Waals surface area contributed by atoms with Crippen LogP contribution in [0.25, 0.3) is 0 Å². The number of aliphatic hydroxyl groups excluding tert-OH is 4. The van der Waals surface area contributed by atoms with Gasteiger partial charge in [-0.05, 0) is 104 Å². The maximum Gasteiger partial charge on any atom is 0.0618 e. The summed E-state index contributed by atoms with van der Waals surface area (Å²) in [5.41, 5.74) is 1.39. The molecule has 4 heteroatoms. The maximum absolute atomic E-state index is 10.9. The molecule has 4 saturated carbocycles. The molecule has 11 atom stereocenters. The number of hydrogen-bond acceptors (Lipinski definition) is 4. The normalized spacial score (nSPS) is 57.4. The number of hydrogen-bond donors (Lipinski definition) is 4. The van der Waals surface area contributed by atoms with Crippen molar-refractivity contribution in [3.05, 3.63) is 11.6 Å². The summed E-state index contributed by atoms with van der Waals surface area (Å²) >= 11 is 0. The smallest absolute Gasteiger partial charge is 0.0618 e. The van der Waals surface area contributed by atoms with Gasteiger partial charge in [-0.15, -0.1) is 0 Å². The molecule has 0 heterocycles. The zero-order chi connectivity index (χ0) is 24.7. The van der Waals surface area contributed by atoms with Crippen LogP contribution in [0.3, 0.4) is 0 Å². The lowest BCUT2D eigenvalue weighted by atomic mass is 9.42. The fourth-order valence-electron chi connectivity index (χ4n) is 11.0. The van der Waals surface area contributed by atoms with Crippen LogP contribution in [0.15, 0.2) is 11.6 Å². The van der Waals surface area contributed by atoms with Gasteiger partial charge >= 0.3 is 0 Å². The third-order valence-electron chi connectivity index (χ3n) is 13.2. The van der Waals surface area contributed by atoms with Crippen molar-refractivity contribution in [1.29, 1.82) is 0 Å². The summed E-state index contributed by atoms with van der Waals surface area (Å²) in [7, 11) is 0. The largest absolute Gasteiger partial charge is 0.396 e. The number of fused-ring (bicyclic) bond motifs is 6. The fraction of sp³-hybridized carbons (Fsp3) is 0.933. The van der Waals surface area contributed by atoms with Crippen LogP contribution in [-0.4, -0.2) is 45.8 Å². The van der Waals surface area contributed by atoms with E-state index in [0.29, 0.717) is 23.7 Å². The zero-order valence-corrected chi connectivity index (χ0v) is 22.3. The average Bonchev–Trinajstić information content (AvgIpc) is 2.96. The van der Waals surface area contributed by atoms with E-state index in [1.807, 2.05) is 0 Å². The molecule has 4 fully saturated rings. The lowest BCUT2D eigenvalue weighted by Crippen LogP contribution is -2.60. The molecule has 0 aromatic rings. The van der Waals surface area contributed by atoms with Crippen LogP contribution in [0.4, 0.5) is 0 Å². The third kappa shape index (κ3) is 3.17.